The van der Waals surface area contributed by atoms with Gasteiger partial charge in [-0.25, -0.2) is 9.69 Å². The summed E-state index contributed by atoms with van der Waals surface area (Å²) in [5.74, 6) is 1.21. The van der Waals surface area contributed by atoms with E-state index in [0.717, 1.165) is 22.5 Å². The van der Waals surface area contributed by atoms with Crippen LogP contribution in [-0.4, -0.2) is 113 Å². The molecule has 290 valence electrons. The maximum Gasteiger partial charge on any atom is 0.416 e. The van der Waals surface area contributed by atoms with Crippen LogP contribution in [0.2, 0.25) is 0 Å². The van der Waals surface area contributed by atoms with Crippen LogP contribution in [0.3, 0.4) is 0 Å². The van der Waals surface area contributed by atoms with Gasteiger partial charge in [-0.15, -0.1) is 0 Å². The minimum absolute atomic E-state index is 0.122. The summed E-state index contributed by atoms with van der Waals surface area (Å²) in [4.78, 5) is 49.6. The van der Waals surface area contributed by atoms with E-state index in [1.54, 1.807) is 61.9 Å². The van der Waals surface area contributed by atoms with Gasteiger partial charge < -0.3 is 39.0 Å². The Kier molecular flexibility index (Phi) is 12.8. The zero-order chi connectivity index (χ0) is 38.5. The van der Waals surface area contributed by atoms with Crippen LogP contribution in [0.25, 0.3) is 0 Å². The van der Waals surface area contributed by atoms with Gasteiger partial charge in [-0.1, -0.05) is 59.7 Å². The molecule has 0 bridgehead atoms. The van der Waals surface area contributed by atoms with E-state index < -0.39 is 18.4 Å². The van der Waals surface area contributed by atoms with E-state index in [0.29, 0.717) is 90.5 Å². The number of fused-ring (bicyclic) bond motifs is 4. The molecular weight excluding hydrogens is 733 g/mol. The van der Waals surface area contributed by atoms with Gasteiger partial charge >= 0.3 is 6.09 Å². The van der Waals surface area contributed by atoms with Crippen molar-refractivity contribution < 1.29 is 43.5 Å². The van der Waals surface area contributed by atoms with Crippen molar-refractivity contribution in [3.63, 3.8) is 0 Å². The number of carbonyl (C=O) groups excluding carboxylic acids is 3. The van der Waals surface area contributed by atoms with E-state index in [2.05, 4.69) is 32.0 Å². The van der Waals surface area contributed by atoms with Crippen LogP contribution in [0.5, 0.6) is 17.2 Å². The van der Waals surface area contributed by atoms with Crippen molar-refractivity contribution >= 4 is 57.1 Å². The van der Waals surface area contributed by atoms with Gasteiger partial charge in [0.15, 0.2) is 17.7 Å². The predicted octanol–water partition coefficient (Wildman–Crippen LogP) is 6.14. The number of rotatable bonds is 15. The SMILES string of the molecule is C=C1C[C@H]2C=Nc3cc(OCCCCCOc4cc5c(cc4OC)C(=O)N4CC(=C)C[C@H]4C(O)N5C(=O)OCCSSC(C)C)c(CO)cc3C(=O)N2C1. The summed E-state index contributed by atoms with van der Waals surface area (Å²) >= 11 is 0. The third kappa shape index (κ3) is 8.54. The van der Waals surface area contributed by atoms with E-state index in [-0.39, 0.29) is 48.9 Å². The molecule has 0 aromatic heterocycles. The second-order valence-corrected chi connectivity index (χ2v) is 17.0. The molecule has 2 aromatic carbocycles. The Morgan fingerprint density at radius 1 is 0.926 bits per heavy atom. The highest BCUT2D eigenvalue weighted by Gasteiger charge is 2.46. The molecule has 4 aliphatic heterocycles. The van der Waals surface area contributed by atoms with Gasteiger partial charge in [0.25, 0.3) is 11.8 Å². The number of unbranched alkanes of at least 4 members (excludes halogenated alkanes) is 2. The molecule has 2 N–H and O–H groups in total. The molecule has 2 saturated heterocycles. The first-order valence-corrected chi connectivity index (χ1v) is 20.6. The summed E-state index contributed by atoms with van der Waals surface area (Å²) in [6.45, 7) is 13.5. The fourth-order valence-corrected chi connectivity index (χ4v) is 8.83. The quantitative estimate of drug-likeness (QED) is 0.122. The Morgan fingerprint density at radius 2 is 1.63 bits per heavy atom. The highest BCUT2D eigenvalue weighted by Crippen LogP contribution is 2.42. The van der Waals surface area contributed by atoms with Crippen LogP contribution < -0.4 is 19.1 Å². The van der Waals surface area contributed by atoms with Gasteiger partial charge in [0, 0.05) is 48.0 Å². The largest absolute Gasteiger partial charge is 0.493 e. The van der Waals surface area contributed by atoms with Crippen LogP contribution >= 0.6 is 21.6 Å². The zero-order valence-electron chi connectivity index (χ0n) is 31.0. The van der Waals surface area contributed by atoms with Gasteiger partial charge in [0.2, 0.25) is 0 Å². The molecular formula is C39H48N4O9S2. The third-order valence-corrected chi connectivity index (χ3v) is 12.5. The van der Waals surface area contributed by atoms with Crippen molar-refractivity contribution in [2.24, 2.45) is 4.99 Å². The lowest BCUT2D eigenvalue weighted by atomic mass is 10.1. The lowest BCUT2D eigenvalue weighted by Crippen LogP contribution is -2.51. The highest BCUT2D eigenvalue weighted by molar-refractivity contribution is 8.76. The van der Waals surface area contributed by atoms with Crippen molar-refractivity contribution in [3.05, 3.63) is 65.3 Å². The first-order chi connectivity index (χ1) is 26.0. The van der Waals surface area contributed by atoms with E-state index in [1.807, 2.05) is 0 Å². The van der Waals surface area contributed by atoms with Crippen LogP contribution in [0.4, 0.5) is 16.2 Å². The predicted molar refractivity (Wildman–Crippen MR) is 211 cm³/mol. The average molecular weight is 781 g/mol. The number of aliphatic hydroxyl groups excluding tert-OH is 2. The molecule has 0 saturated carbocycles. The number of ether oxygens (including phenoxy) is 4. The Labute approximate surface area is 323 Å². The summed E-state index contributed by atoms with van der Waals surface area (Å²) in [6.07, 6.45) is 2.78. The maximum absolute atomic E-state index is 13.8. The number of amides is 3. The average Bonchev–Trinajstić information content (AvgIpc) is 3.69. The molecule has 6 rings (SSSR count). The lowest BCUT2D eigenvalue weighted by molar-refractivity contribution is 0.0493. The number of aliphatic imine (C=N–C) groups is 1. The van der Waals surface area contributed by atoms with Gasteiger partial charge in [0.05, 0.1) is 61.5 Å². The van der Waals surface area contributed by atoms with E-state index in [9.17, 15) is 24.6 Å². The summed E-state index contributed by atoms with van der Waals surface area (Å²) in [7, 11) is 4.77. The van der Waals surface area contributed by atoms with Crippen molar-refractivity contribution in [2.45, 2.75) is 76.1 Å². The number of aliphatic hydroxyl groups is 2. The molecule has 4 aliphatic rings. The van der Waals surface area contributed by atoms with Crippen LogP contribution in [-0.2, 0) is 11.3 Å². The number of nitrogens with zero attached hydrogens (tertiary/aromatic N) is 4. The van der Waals surface area contributed by atoms with E-state index in [1.165, 1.54) is 7.11 Å². The monoisotopic (exact) mass is 780 g/mol. The van der Waals surface area contributed by atoms with Crippen molar-refractivity contribution in [2.75, 3.05) is 50.7 Å². The number of hydrogen-bond donors (Lipinski definition) is 2. The molecule has 3 atom stereocenters. The minimum Gasteiger partial charge on any atom is -0.493 e. The number of carbonyl (C=O) groups is 3. The summed E-state index contributed by atoms with van der Waals surface area (Å²) in [6, 6.07) is 5.68. The third-order valence-electron chi connectivity index (χ3n) is 9.60. The van der Waals surface area contributed by atoms with Gasteiger partial charge in [-0.3, -0.25) is 14.6 Å². The summed E-state index contributed by atoms with van der Waals surface area (Å²) < 4.78 is 23.4. The molecule has 3 amide bonds. The molecule has 0 radical (unpaired) electrons. The first kappa shape index (κ1) is 39.5. The lowest BCUT2D eigenvalue weighted by Gasteiger charge is -2.31. The standard InChI is InChI=1S/C39H48N4O9S2/c1-23(2)54-53-12-11-52-39(48)43-31-18-35(34(49-5)16-29(31)37(46)42-21-25(4)14-32(42)38(43)47)51-10-8-6-7-9-50-33-17-30-28(15-26(33)22-44)36(45)41-20-24(3)13-27(41)19-40-30/h15-19,23,27,32,38,44,47H,3-4,6-14,20-22H2,1-2,5H3/t27-,32-,38?/m0/s1. The van der Waals surface area contributed by atoms with E-state index in [4.69, 9.17) is 18.9 Å². The fraction of sp³-hybridized carbons (Fsp3) is 0.487. The Morgan fingerprint density at radius 3 is 2.35 bits per heavy atom. The first-order valence-electron chi connectivity index (χ1n) is 18.2. The Bertz CT molecular complexity index is 1820. The maximum atomic E-state index is 13.8. The number of anilines is 1. The molecule has 0 spiro atoms. The molecule has 0 aliphatic carbocycles. The van der Waals surface area contributed by atoms with Crippen molar-refractivity contribution in [1.29, 1.82) is 0 Å². The van der Waals surface area contributed by atoms with E-state index >= 15 is 0 Å². The number of benzene rings is 2. The fourth-order valence-electron chi connectivity index (χ4n) is 7.00. The Balaban J connectivity index is 1.08. The second-order valence-electron chi connectivity index (χ2n) is 14.0. The van der Waals surface area contributed by atoms with Crippen molar-refractivity contribution in [3.8, 4) is 17.2 Å². The molecule has 15 heteroatoms. The van der Waals surface area contributed by atoms with Gasteiger partial charge in [-0.2, -0.15) is 0 Å². The van der Waals surface area contributed by atoms with Crippen LogP contribution in [0.1, 0.15) is 72.2 Å². The van der Waals surface area contributed by atoms with Crippen LogP contribution in [0, 0.1) is 0 Å². The smallest absolute Gasteiger partial charge is 0.416 e. The second kappa shape index (κ2) is 17.5. The molecule has 54 heavy (non-hydrogen) atoms. The highest BCUT2D eigenvalue weighted by atomic mass is 33.1. The Hall–Kier alpha value is -4.18. The zero-order valence-corrected chi connectivity index (χ0v) is 32.6. The van der Waals surface area contributed by atoms with Gasteiger partial charge in [0.1, 0.15) is 12.4 Å². The van der Waals surface area contributed by atoms with Gasteiger partial charge in [-0.05, 0) is 44.2 Å². The topological polar surface area (TPSA) is 151 Å². The molecule has 4 heterocycles. The molecule has 1 unspecified atom stereocenters. The summed E-state index contributed by atoms with van der Waals surface area (Å²) in [5, 5.41) is 22.1. The number of methoxy groups -OCH3 is 1. The molecule has 2 fully saturated rings. The molecule has 13 nitrogen and oxygen atoms in total. The molecule has 2 aromatic rings. The number of hydrogen-bond acceptors (Lipinski definition) is 12. The minimum atomic E-state index is -1.36. The normalized spacial score (nSPS) is 20.4. The van der Waals surface area contributed by atoms with Crippen LogP contribution in [0.15, 0.2) is 53.6 Å². The van der Waals surface area contributed by atoms with Crippen molar-refractivity contribution in [1.82, 2.24) is 9.80 Å². The summed E-state index contributed by atoms with van der Waals surface area (Å²) in [5.41, 5.74) is 3.62.